The highest BCUT2D eigenvalue weighted by Crippen LogP contribution is 2.43. The van der Waals surface area contributed by atoms with Crippen LogP contribution < -0.4 is 5.73 Å². The number of unbranched alkanes of at least 4 members (excludes halogenated alkanes) is 13. The number of hydrogen-bond donors (Lipinski definition) is 5. The van der Waals surface area contributed by atoms with Gasteiger partial charge in [0.05, 0.1) is 25.4 Å². The third-order valence-corrected chi connectivity index (χ3v) is 11.4. The summed E-state index contributed by atoms with van der Waals surface area (Å²) in [6.07, 6.45) is 32.5. The smallest absolute Gasteiger partial charge is 0.472 e. The van der Waals surface area contributed by atoms with E-state index in [9.17, 15) is 38.8 Å². The van der Waals surface area contributed by atoms with Crippen molar-refractivity contribution in [1.82, 2.24) is 0 Å². The van der Waals surface area contributed by atoms with E-state index >= 15 is 0 Å². The van der Waals surface area contributed by atoms with Crippen molar-refractivity contribution in [3.05, 3.63) is 48.6 Å². The van der Waals surface area contributed by atoms with Gasteiger partial charge in [-0.25, -0.2) is 4.57 Å². The van der Waals surface area contributed by atoms with Crippen molar-refractivity contribution >= 4 is 31.5 Å². The van der Waals surface area contributed by atoms with Gasteiger partial charge < -0.3 is 35.4 Å². The second-order valence-corrected chi connectivity index (χ2v) is 17.4. The Hall–Kier alpha value is -2.97. The van der Waals surface area contributed by atoms with E-state index in [1.54, 1.807) is 12.2 Å². The van der Waals surface area contributed by atoms with E-state index in [0.29, 0.717) is 32.1 Å². The second-order valence-electron chi connectivity index (χ2n) is 16.0. The summed E-state index contributed by atoms with van der Waals surface area (Å²) in [7, 11) is -4.80. The molecule has 350 valence electrons. The first-order valence-corrected chi connectivity index (χ1v) is 24.3. The number of phosphoric acid groups is 1. The fraction of sp³-hybridized carbons (Fsp3) is 0.739. The molecule has 0 saturated heterocycles. The SMILES string of the molecule is CCCCC/C=C\C/C=C\CCCCCCCCCC(=O)OC[C@H](COP(=O)(O)OC[C@H](N)C(=O)O)OC(=O)CCC/C=C\C[C@H]1[C@@H](O)CC(=O)[C@@H]1/C=C/[C@@H](O)CCCCC. The Morgan fingerprint density at radius 2 is 1.34 bits per heavy atom. The topological polar surface area (TPSA) is 229 Å². The predicted molar refractivity (Wildman–Crippen MR) is 236 cm³/mol. The van der Waals surface area contributed by atoms with Crippen LogP contribution in [0.15, 0.2) is 48.6 Å². The minimum Gasteiger partial charge on any atom is -0.480 e. The number of esters is 2. The number of nitrogens with two attached hydrogens (primary N) is 1. The summed E-state index contributed by atoms with van der Waals surface area (Å²) >= 11 is 0. The van der Waals surface area contributed by atoms with Crippen LogP contribution in [0.3, 0.4) is 0 Å². The summed E-state index contributed by atoms with van der Waals surface area (Å²) < 4.78 is 32.7. The maximum atomic E-state index is 12.7. The van der Waals surface area contributed by atoms with E-state index < -0.39 is 75.8 Å². The number of ketones is 1. The van der Waals surface area contributed by atoms with Gasteiger partial charge in [-0.15, -0.1) is 0 Å². The van der Waals surface area contributed by atoms with Gasteiger partial charge in [0.2, 0.25) is 0 Å². The highest BCUT2D eigenvalue weighted by Gasteiger charge is 2.39. The lowest BCUT2D eigenvalue weighted by molar-refractivity contribution is -0.161. The Bertz CT molecular complexity index is 1380. The molecule has 0 radical (unpaired) electrons. The molecule has 0 spiro atoms. The van der Waals surface area contributed by atoms with Gasteiger partial charge in [0.15, 0.2) is 6.10 Å². The Labute approximate surface area is 365 Å². The number of phosphoric ester groups is 1. The lowest BCUT2D eigenvalue weighted by Crippen LogP contribution is -2.34. The molecule has 0 aromatic carbocycles. The van der Waals surface area contributed by atoms with E-state index in [2.05, 4.69) is 42.7 Å². The molecule has 15 heteroatoms. The first-order valence-electron chi connectivity index (χ1n) is 22.8. The van der Waals surface area contributed by atoms with Crippen LogP contribution >= 0.6 is 7.82 Å². The molecule has 0 aliphatic heterocycles. The van der Waals surface area contributed by atoms with Gasteiger partial charge in [0, 0.05) is 31.1 Å². The van der Waals surface area contributed by atoms with Crippen molar-refractivity contribution in [3.8, 4) is 0 Å². The number of carbonyl (C=O) groups excluding carboxylic acids is 3. The molecule has 1 saturated carbocycles. The molecule has 6 N–H and O–H groups in total. The standard InChI is InChI=1S/C46H78NO13P/c1-3-5-7-8-9-10-11-12-13-14-15-16-17-18-19-20-25-29-44(51)57-34-38(35-58-61(55,56)59-36-41(47)46(53)54)60-45(52)30-26-22-21-24-28-39-40(43(50)33-42(39)49)32-31-37(48)27-23-6-4-2/h9-10,12-13,21,24,31-32,37-42,48-49H,3-8,11,14-20,22-23,25-30,33-36,47H2,1-2H3,(H,53,54)(H,55,56)/b10-9-,13-12-,24-21-,32-31+/t37-,38+,39+,40+,41-,42-/m0/s1. The fourth-order valence-electron chi connectivity index (χ4n) is 6.72. The zero-order valence-corrected chi connectivity index (χ0v) is 37.8. The van der Waals surface area contributed by atoms with Gasteiger partial charge in [-0.1, -0.05) is 127 Å². The molecule has 0 amide bonds. The molecule has 1 unspecified atom stereocenters. The Morgan fingerprint density at radius 3 is 2.02 bits per heavy atom. The average Bonchev–Trinajstić information content (AvgIpc) is 3.49. The van der Waals surface area contributed by atoms with Crippen molar-refractivity contribution in [2.75, 3.05) is 19.8 Å². The maximum Gasteiger partial charge on any atom is 0.472 e. The minimum atomic E-state index is -4.80. The van der Waals surface area contributed by atoms with E-state index in [4.69, 9.17) is 24.8 Å². The highest BCUT2D eigenvalue weighted by atomic mass is 31.2. The quantitative estimate of drug-likeness (QED) is 0.0169. The first kappa shape index (κ1) is 56.0. The van der Waals surface area contributed by atoms with Crippen LogP contribution in [0.2, 0.25) is 0 Å². The van der Waals surface area contributed by atoms with Crippen molar-refractivity contribution in [2.45, 2.75) is 186 Å². The zero-order chi connectivity index (χ0) is 45.1. The summed E-state index contributed by atoms with van der Waals surface area (Å²) in [5.74, 6) is -3.48. The van der Waals surface area contributed by atoms with Gasteiger partial charge in [0.25, 0.3) is 0 Å². The van der Waals surface area contributed by atoms with Crippen LogP contribution in [-0.4, -0.2) is 88.1 Å². The van der Waals surface area contributed by atoms with Crippen molar-refractivity contribution < 1.29 is 62.5 Å². The fourth-order valence-corrected chi connectivity index (χ4v) is 7.50. The number of aliphatic carboxylic acids is 1. The number of carboxylic acid groups (broad SMARTS) is 1. The number of Topliss-reactive ketones (excluding diaryl/α,β-unsaturated/α-hetero) is 1. The van der Waals surface area contributed by atoms with Crippen LogP contribution in [0.25, 0.3) is 0 Å². The Kier molecular flexibility index (Phi) is 32.6. The highest BCUT2D eigenvalue weighted by molar-refractivity contribution is 7.47. The molecule has 1 aliphatic rings. The lowest BCUT2D eigenvalue weighted by Gasteiger charge is -2.20. The van der Waals surface area contributed by atoms with E-state index in [1.165, 1.54) is 19.3 Å². The van der Waals surface area contributed by atoms with Gasteiger partial charge in [-0.2, -0.15) is 0 Å². The molecule has 1 rings (SSSR count). The summed E-state index contributed by atoms with van der Waals surface area (Å²) in [6, 6.07) is -1.57. The van der Waals surface area contributed by atoms with Crippen LogP contribution in [-0.2, 0) is 42.3 Å². The summed E-state index contributed by atoms with van der Waals surface area (Å²) in [5.41, 5.74) is 5.33. The number of aliphatic hydroxyl groups is 2. The number of aliphatic hydroxyl groups excluding tert-OH is 2. The summed E-state index contributed by atoms with van der Waals surface area (Å²) in [6.45, 7) is 2.39. The zero-order valence-electron chi connectivity index (χ0n) is 37.0. The number of rotatable bonds is 38. The van der Waals surface area contributed by atoms with E-state index in [1.807, 2.05) is 12.2 Å². The Balaban J connectivity index is 2.50. The van der Waals surface area contributed by atoms with Crippen LogP contribution in [0, 0.1) is 11.8 Å². The summed E-state index contributed by atoms with van der Waals surface area (Å²) in [5, 5.41) is 29.6. The molecular formula is C46H78NO13P. The summed E-state index contributed by atoms with van der Waals surface area (Å²) in [4.78, 5) is 58.7. The van der Waals surface area contributed by atoms with Crippen molar-refractivity contribution in [3.63, 3.8) is 0 Å². The average molecular weight is 884 g/mol. The first-order chi connectivity index (χ1) is 29.3. The molecule has 0 heterocycles. The largest absolute Gasteiger partial charge is 0.480 e. The van der Waals surface area contributed by atoms with E-state index in [-0.39, 0.29) is 31.0 Å². The molecule has 0 aromatic rings. The molecule has 1 aliphatic carbocycles. The van der Waals surface area contributed by atoms with Crippen LogP contribution in [0.4, 0.5) is 0 Å². The number of allylic oxidation sites excluding steroid dienone is 7. The van der Waals surface area contributed by atoms with Crippen molar-refractivity contribution in [1.29, 1.82) is 0 Å². The maximum absolute atomic E-state index is 12.7. The van der Waals surface area contributed by atoms with Gasteiger partial charge in [-0.3, -0.25) is 28.2 Å². The number of ether oxygens (including phenoxy) is 2. The Morgan fingerprint density at radius 1 is 0.770 bits per heavy atom. The molecular weight excluding hydrogens is 805 g/mol. The predicted octanol–water partition coefficient (Wildman–Crippen LogP) is 8.76. The number of carbonyl (C=O) groups is 4. The van der Waals surface area contributed by atoms with Crippen molar-refractivity contribution in [2.24, 2.45) is 17.6 Å². The third-order valence-electron chi connectivity index (χ3n) is 10.4. The molecule has 61 heavy (non-hydrogen) atoms. The second kappa shape index (κ2) is 35.5. The minimum absolute atomic E-state index is 0.0328. The molecule has 14 nitrogen and oxygen atoms in total. The van der Waals surface area contributed by atoms with E-state index in [0.717, 1.165) is 77.0 Å². The normalized spacial score (nSPS) is 19.6. The van der Waals surface area contributed by atoms with Crippen LogP contribution in [0.1, 0.15) is 162 Å². The molecule has 0 aromatic heterocycles. The lowest BCUT2D eigenvalue weighted by atomic mass is 9.90. The monoisotopic (exact) mass is 884 g/mol. The number of carboxylic acids is 1. The third kappa shape index (κ3) is 29.9. The van der Waals surface area contributed by atoms with Gasteiger partial charge in [0.1, 0.15) is 18.4 Å². The molecule has 7 atom stereocenters. The number of hydrogen-bond acceptors (Lipinski definition) is 12. The molecule has 1 fully saturated rings. The van der Waals surface area contributed by atoms with Gasteiger partial charge >= 0.3 is 25.7 Å². The van der Waals surface area contributed by atoms with Gasteiger partial charge in [-0.05, 0) is 64.2 Å². The molecule has 0 bridgehead atoms. The van der Waals surface area contributed by atoms with Crippen LogP contribution in [0.5, 0.6) is 0 Å².